The summed E-state index contributed by atoms with van der Waals surface area (Å²) in [5, 5.41) is 3.01. The number of likely N-dealkylation sites (tertiary alicyclic amines) is 1. The van der Waals surface area contributed by atoms with Gasteiger partial charge in [-0.15, -0.1) is 0 Å². The van der Waals surface area contributed by atoms with Gasteiger partial charge in [-0.2, -0.15) is 0 Å². The Balaban J connectivity index is 1.70. The monoisotopic (exact) mass is 398 g/mol. The molecule has 1 unspecified atom stereocenters. The van der Waals surface area contributed by atoms with E-state index in [-0.39, 0.29) is 28.4 Å². The van der Waals surface area contributed by atoms with Crippen LogP contribution >= 0.6 is 0 Å². The van der Waals surface area contributed by atoms with Gasteiger partial charge in [-0.25, -0.2) is 4.79 Å². The van der Waals surface area contributed by atoms with Crippen LogP contribution in [-0.2, 0) is 10.2 Å². The number of benzene rings is 1. The van der Waals surface area contributed by atoms with Gasteiger partial charge in [-0.3, -0.25) is 9.59 Å². The Morgan fingerprint density at radius 2 is 1.62 bits per heavy atom. The number of carbonyl (C=O) groups excluding carboxylic acids is 3. The van der Waals surface area contributed by atoms with Gasteiger partial charge in [-0.1, -0.05) is 65.8 Å². The minimum atomic E-state index is -0.542. The van der Waals surface area contributed by atoms with Crippen molar-refractivity contribution >= 4 is 17.6 Å². The summed E-state index contributed by atoms with van der Waals surface area (Å²) in [6.45, 7) is 12.8. The zero-order valence-corrected chi connectivity index (χ0v) is 18.6. The molecular formula is C24H34N2O3. The van der Waals surface area contributed by atoms with E-state index in [1.54, 1.807) is 4.90 Å². The van der Waals surface area contributed by atoms with E-state index in [1.807, 2.05) is 59.7 Å². The van der Waals surface area contributed by atoms with Crippen LogP contribution in [0.25, 0.3) is 0 Å². The van der Waals surface area contributed by atoms with Crippen molar-refractivity contribution < 1.29 is 14.4 Å². The highest BCUT2D eigenvalue weighted by Crippen LogP contribution is 2.46. The van der Waals surface area contributed by atoms with Gasteiger partial charge in [0, 0.05) is 35.9 Å². The Morgan fingerprint density at radius 3 is 2.17 bits per heavy atom. The third kappa shape index (κ3) is 4.10. The molecule has 1 aromatic rings. The van der Waals surface area contributed by atoms with Crippen molar-refractivity contribution in [2.24, 2.45) is 10.8 Å². The van der Waals surface area contributed by atoms with Crippen LogP contribution in [-0.4, -0.2) is 41.6 Å². The van der Waals surface area contributed by atoms with Crippen molar-refractivity contribution in [2.75, 3.05) is 13.1 Å². The molecule has 5 heteroatoms. The third-order valence-electron chi connectivity index (χ3n) is 6.44. The average molecular weight is 399 g/mol. The van der Waals surface area contributed by atoms with E-state index in [2.05, 4.69) is 11.4 Å². The molecule has 158 valence electrons. The number of amides is 2. The van der Waals surface area contributed by atoms with Crippen LogP contribution in [0, 0.1) is 10.8 Å². The van der Waals surface area contributed by atoms with Crippen LogP contribution in [0.5, 0.6) is 0 Å². The number of hydrogen-bond donors (Lipinski definition) is 1. The molecule has 0 saturated carbocycles. The summed E-state index contributed by atoms with van der Waals surface area (Å²) in [5.74, 6) is 0.254. The molecule has 1 atom stereocenters. The topological polar surface area (TPSA) is 66.5 Å². The molecule has 1 aromatic carbocycles. The van der Waals surface area contributed by atoms with Gasteiger partial charge < -0.3 is 10.2 Å². The number of urea groups is 1. The minimum absolute atomic E-state index is 0.0437. The molecule has 1 fully saturated rings. The molecule has 1 aliphatic carbocycles. The van der Waals surface area contributed by atoms with Crippen molar-refractivity contribution in [2.45, 2.75) is 72.3 Å². The van der Waals surface area contributed by atoms with Crippen LogP contribution in [0.1, 0.15) is 76.7 Å². The van der Waals surface area contributed by atoms with Crippen LogP contribution < -0.4 is 5.32 Å². The normalized spacial score (nSPS) is 19.8. The Bertz CT molecular complexity index is 821. The number of piperidine rings is 1. The highest BCUT2D eigenvalue weighted by molar-refractivity contribution is 6.02. The van der Waals surface area contributed by atoms with E-state index in [0.717, 1.165) is 24.0 Å². The van der Waals surface area contributed by atoms with Crippen molar-refractivity contribution in [1.29, 1.82) is 0 Å². The van der Waals surface area contributed by atoms with Crippen LogP contribution in [0.2, 0.25) is 0 Å². The van der Waals surface area contributed by atoms with E-state index in [9.17, 15) is 14.4 Å². The molecule has 29 heavy (non-hydrogen) atoms. The number of nitrogens with one attached hydrogen (secondary N) is 1. The fourth-order valence-corrected chi connectivity index (χ4v) is 4.59. The van der Waals surface area contributed by atoms with Crippen LogP contribution in [0.15, 0.2) is 24.3 Å². The predicted octanol–water partition coefficient (Wildman–Crippen LogP) is 4.35. The molecule has 1 spiro atoms. The van der Waals surface area contributed by atoms with Gasteiger partial charge in [0.05, 0.1) is 6.04 Å². The molecule has 2 aliphatic rings. The molecule has 1 aliphatic heterocycles. The van der Waals surface area contributed by atoms with Gasteiger partial charge in [0.25, 0.3) is 0 Å². The summed E-state index contributed by atoms with van der Waals surface area (Å²) < 4.78 is 0. The smallest absolute Gasteiger partial charge is 0.317 e. The van der Waals surface area contributed by atoms with Crippen molar-refractivity contribution in [1.82, 2.24) is 10.2 Å². The molecule has 1 N–H and O–H groups in total. The summed E-state index contributed by atoms with van der Waals surface area (Å²) in [6.07, 6.45) is 2.09. The van der Waals surface area contributed by atoms with E-state index in [4.69, 9.17) is 0 Å². The first kappa shape index (κ1) is 21.5. The van der Waals surface area contributed by atoms with Gasteiger partial charge in [0.15, 0.2) is 11.6 Å². The van der Waals surface area contributed by atoms with Crippen molar-refractivity contribution in [3.8, 4) is 0 Å². The summed E-state index contributed by atoms with van der Waals surface area (Å²) in [7, 11) is 0. The second kappa shape index (κ2) is 7.26. The van der Waals surface area contributed by atoms with Gasteiger partial charge in [-0.05, 0) is 23.8 Å². The molecule has 2 amide bonds. The number of ketones is 2. The minimum Gasteiger partial charge on any atom is -0.328 e. The summed E-state index contributed by atoms with van der Waals surface area (Å²) in [4.78, 5) is 40.2. The first-order valence-corrected chi connectivity index (χ1v) is 10.6. The number of Topliss-reactive ketones (excluding diaryl/α,β-unsaturated/α-hetero) is 2. The quantitative estimate of drug-likeness (QED) is 0.805. The maximum absolute atomic E-state index is 13.0. The Kier molecular flexibility index (Phi) is 5.39. The zero-order chi connectivity index (χ0) is 21.6. The predicted molar refractivity (Wildman–Crippen MR) is 114 cm³/mol. The molecule has 1 heterocycles. The fraction of sp³-hybridized carbons (Fsp3) is 0.625. The van der Waals surface area contributed by atoms with E-state index >= 15 is 0 Å². The van der Waals surface area contributed by atoms with E-state index in [0.29, 0.717) is 19.5 Å². The molecule has 0 aromatic heterocycles. The summed E-state index contributed by atoms with van der Waals surface area (Å²) in [5.41, 5.74) is 0.947. The summed E-state index contributed by atoms with van der Waals surface area (Å²) >= 11 is 0. The lowest BCUT2D eigenvalue weighted by molar-refractivity contribution is -0.130. The van der Waals surface area contributed by atoms with Crippen LogP contribution in [0.4, 0.5) is 4.79 Å². The second-order valence-electron chi connectivity index (χ2n) is 10.8. The number of rotatable bonds is 2. The van der Waals surface area contributed by atoms with Crippen LogP contribution in [0.3, 0.4) is 0 Å². The second-order valence-corrected chi connectivity index (χ2v) is 10.8. The summed E-state index contributed by atoms with van der Waals surface area (Å²) in [6, 6.07) is 7.15. The average Bonchev–Trinajstić information content (AvgIpc) is 2.90. The number of hydrogen-bond acceptors (Lipinski definition) is 3. The van der Waals surface area contributed by atoms with Gasteiger partial charge in [0.2, 0.25) is 0 Å². The lowest BCUT2D eigenvalue weighted by Gasteiger charge is -2.41. The number of fused-ring (bicyclic) bond motifs is 2. The van der Waals surface area contributed by atoms with Crippen molar-refractivity contribution in [3.63, 3.8) is 0 Å². The van der Waals surface area contributed by atoms with E-state index < -0.39 is 11.5 Å². The Labute approximate surface area is 174 Å². The highest BCUT2D eigenvalue weighted by atomic mass is 16.2. The molecule has 0 radical (unpaired) electrons. The van der Waals surface area contributed by atoms with E-state index in [1.165, 1.54) is 0 Å². The van der Waals surface area contributed by atoms with Gasteiger partial charge in [0.1, 0.15) is 0 Å². The first-order valence-electron chi connectivity index (χ1n) is 10.6. The number of nitrogens with zero attached hydrogens (tertiary/aromatic N) is 1. The molecule has 1 saturated heterocycles. The Hall–Kier alpha value is -2.17. The van der Waals surface area contributed by atoms with Gasteiger partial charge >= 0.3 is 6.03 Å². The standard InChI is InChI=1S/C24H34N2O3/c1-22(2,3)19(20(28)23(4,5)6)25-21(29)26-13-11-24(12-14-26)15-18(27)16-9-7-8-10-17(16)24/h7-10,19H,11-15H2,1-6H3,(H,25,29). The number of carbonyl (C=O) groups is 3. The lowest BCUT2D eigenvalue weighted by atomic mass is 9.73. The highest BCUT2D eigenvalue weighted by Gasteiger charge is 2.46. The first-order chi connectivity index (χ1) is 13.3. The molecule has 3 rings (SSSR count). The lowest BCUT2D eigenvalue weighted by Crippen LogP contribution is -2.57. The Morgan fingerprint density at radius 1 is 1.03 bits per heavy atom. The zero-order valence-electron chi connectivity index (χ0n) is 18.6. The van der Waals surface area contributed by atoms with Crippen molar-refractivity contribution in [3.05, 3.63) is 35.4 Å². The molecule has 0 bridgehead atoms. The maximum atomic E-state index is 13.0. The largest absolute Gasteiger partial charge is 0.328 e. The maximum Gasteiger partial charge on any atom is 0.317 e. The molecular weight excluding hydrogens is 364 g/mol. The third-order valence-corrected chi connectivity index (χ3v) is 6.44. The SMILES string of the molecule is CC(C)(C)C(=O)C(NC(=O)N1CCC2(CC1)CC(=O)c1ccccc12)C(C)(C)C. The molecule has 5 nitrogen and oxygen atoms in total. The fourth-order valence-electron chi connectivity index (χ4n) is 4.59.